The van der Waals surface area contributed by atoms with Gasteiger partial charge in [0.15, 0.2) is 5.69 Å². The van der Waals surface area contributed by atoms with Crippen molar-refractivity contribution in [3.05, 3.63) is 41.2 Å². The molecule has 0 radical (unpaired) electrons. The fourth-order valence-corrected chi connectivity index (χ4v) is 3.57. The number of ether oxygens (including phenoxy) is 2. The number of nitrogens with zero attached hydrogens (tertiary/aromatic N) is 5. The Labute approximate surface area is 162 Å². The second kappa shape index (κ2) is 7.59. The zero-order valence-corrected chi connectivity index (χ0v) is 16.0. The van der Waals surface area contributed by atoms with Crippen molar-refractivity contribution in [3.63, 3.8) is 0 Å². The number of piperazine rings is 1. The highest BCUT2D eigenvalue weighted by molar-refractivity contribution is 5.93. The summed E-state index contributed by atoms with van der Waals surface area (Å²) in [6.07, 6.45) is -0.151. The predicted octanol–water partition coefficient (Wildman–Crippen LogP) is 0.862. The molecule has 4 rings (SSSR count). The lowest BCUT2D eigenvalue weighted by atomic mass is 10.1. The van der Waals surface area contributed by atoms with Crippen molar-refractivity contribution in [2.24, 2.45) is 0 Å². The van der Waals surface area contributed by atoms with Gasteiger partial charge < -0.3 is 19.3 Å². The SMILES string of the molecule is COc1ccc(C2Cn3nnc(C(=O)N4CCN(C(C)=O)CC4)c3CO2)cc1. The van der Waals surface area contributed by atoms with E-state index in [0.29, 0.717) is 44.1 Å². The second-order valence-corrected chi connectivity index (χ2v) is 6.94. The molecule has 3 heterocycles. The predicted molar refractivity (Wildman–Crippen MR) is 98.7 cm³/mol. The molecule has 0 saturated carbocycles. The summed E-state index contributed by atoms with van der Waals surface area (Å²) in [4.78, 5) is 27.8. The van der Waals surface area contributed by atoms with Crippen molar-refractivity contribution >= 4 is 11.8 Å². The number of rotatable bonds is 3. The summed E-state index contributed by atoms with van der Waals surface area (Å²) >= 11 is 0. The number of amides is 2. The van der Waals surface area contributed by atoms with Crippen molar-refractivity contribution in [2.45, 2.75) is 26.2 Å². The molecular weight excluding hydrogens is 362 g/mol. The van der Waals surface area contributed by atoms with Gasteiger partial charge in [-0.25, -0.2) is 4.68 Å². The van der Waals surface area contributed by atoms with Gasteiger partial charge >= 0.3 is 0 Å². The van der Waals surface area contributed by atoms with Gasteiger partial charge in [-0.15, -0.1) is 5.10 Å². The lowest BCUT2D eigenvalue weighted by Crippen LogP contribution is -2.50. The van der Waals surface area contributed by atoms with E-state index in [0.717, 1.165) is 11.3 Å². The number of carbonyl (C=O) groups is 2. The molecule has 0 spiro atoms. The van der Waals surface area contributed by atoms with E-state index in [2.05, 4.69) is 10.3 Å². The van der Waals surface area contributed by atoms with Crippen molar-refractivity contribution in [2.75, 3.05) is 33.3 Å². The van der Waals surface area contributed by atoms with Crippen LogP contribution in [0.5, 0.6) is 5.75 Å². The minimum absolute atomic E-state index is 0.0334. The van der Waals surface area contributed by atoms with Crippen LogP contribution in [0.15, 0.2) is 24.3 Å². The molecule has 2 aromatic rings. The van der Waals surface area contributed by atoms with Crippen molar-refractivity contribution < 1.29 is 19.1 Å². The molecule has 1 fully saturated rings. The standard InChI is InChI=1S/C19H23N5O4/c1-13(25)22-7-9-23(10-8-22)19(26)18-16-12-28-17(11-24(16)21-20-18)14-3-5-15(27-2)6-4-14/h3-6,17H,7-12H2,1-2H3. The Hall–Kier alpha value is -2.94. The smallest absolute Gasteiger partial charge is 0.276 e. The van der Waals surface area contributed by atoms with E-state index >= 15 is 0 Å². The van der Waals surface area contributed by atoms with E-state index in [-0.39, 0.29) is 24.5 Å². The lowest BCUT2D eigenvalue weighted by molar-refractivity contribution is -0.130. The molecule has 1 aromatic carbocycles. The monoisotopic (exact) mass is 385 g/mol. The Balaban J connectivity index is 1.45. The average molecular weight is 385 g/mol. The van der Waals surface area contributed by atoms with E-state index in [4.69, 9.17) is 9.47 Å². The number of hydrogen-bond acceptors (Lipinski definition) is 6. The van der Waals surface area contributed by atoms with Gasteiger partial charge in [-0.3, -0.25) is 9.59 Å². The Bertz CT molecular complexity index is 871. The van der Waals surface area contributed by atoms with Crippen LogP contribution in [0.25, 0.3) is 0 Å². The zero-order chi connectivity index (χ0) is 19.7. The Morgan fingerprint density at radius 3 is 2.43 bits per heavy atom. The first-order valence-electron chi connectivity index (χ1n) is 9.29. The molecule has 148 valence electrons. The fraction of sp³-hybridized carbons (Fsp3) is 0.474. The third-order valence-electron chi connectivity index (χ3n) is 5.30. The van der Waals surface area contributed by atoms with Crippen LogP contribution in [-0.4, -0.2) is 69.9 Å². The molecule has 1 saturated heterocycles. The maximum absolute atomic E-state index is 12.9. The summed E-state index contributed by atoms with van der Waals surface area (Å²) in [6, 6.07) is 7.72. The first-order chi connectivity index (χ1) is 13.6. The highest BCUT2D eigenvalue weighted by atomic mass is 16.5. The molecule has 2 aliphatic heterocycles. The van der Waals surface area contributed by atoms with Gasteiger partial charge in [0, 0.05) is 33.1 Å². The summed E-state index contributed by atoms with van der Waals surface area (Å²) in [5.74, 6) is 0.667. The van der Waals surface area contributed by atoms with Crippen molar-refractivity contribution in [3.8, 4) is 5.75 Å². The number of benzene rings is 1. The summed E-state index contributed by atoms with van der Waals surface area (Å²) in [6.45, 7) is 4.41. The van der Waals surface area contributed by atoms with Gasteiger partial charge in [-0.1, -0.05) is 17.3 Å². The van der Waals surface area contributed by atoms with Crippen LogP contribution in [0, 0.1) is 0 Å². The quantitative estimate of drug-likeness (QED) is 0.779. The van der Waals surface area contributed by atoms with Crippen molar-refractivity contribution in [1.29, 1.82) is 0 Å². The summed E-state index contributed by atoms with van der Waals surface area (Å²) in [5, 5.41) is 8.30. The normalized spacial score (nSPS) is 19.3. The lowest BCUT2D eigenvalue weighted by Gasteiger charge is -2.34. The number of carbonyl (C=O) groups excluding carboxylic acids is 2. The topological polar surface area (TPSA) is 89.8 Å². The Morgan fingerprint density at radius 2 is 1.79 bits per heavy atom. The maximum Gasteiger partial charge on any atom is 0.276 e. The largest absolute Gasteiger partial charge is 0.497 e. The van der Waals surface area contributed by atoms with E-state index in [1.165, 1.54) is 0 Å². The number of hydrogen-bond donors (Lipinski definition) is 0. The van der Waals surface area contributed by atoms with Crippen LogP contribution in [0.3, 0.4) is 0 Å². The molecule has 9 heteroatoms. The minimum atomic E-state index is -0.157. The first kappa shape index (κ1) is 18.4. The van der Waals surface area contributed by atoms with Gasteiger partial charge in [-0.2, -0.15) is 0 Å². The minimum Gasteiger partial charge on any atom is -0.497 e. The van der Waals surface area contributed by atoms with Crippen LogP contribution in [0.2, 0.25) is 0 Å². The number of aromatic nitrogens is 3. The molecule has 0 aliphatic carbocycles. The average Bonchev–Trinajstić information content (AvgIpc) is 3.16. The third-order valence-corrected chi connectivity index (χ3v) is 5.30. The molecule has 1 aromatic heterocycles. The van der Waals surface area contributed by atoms with Crippen LogP contribution >= 0.6 is 0 Å². The van der Waals surface area contributed by atoms with Gasteiger partial charge in [0.25, 0.3) is 5.91 Å². The van der Waals surface area contributed by atoms with Crippen LogP contribution in [0.4, 0.5) is 0 Å². The highest BCUT2D eigenvalue weighted by Crippen LogP contribution is 2.28. The van der Waals surface area contributed by atoms with Crippen molar-refractivity contribution in [1.82, 2.24) is 24.8 Å². The Kier molecular flexibility index (Phi) is 4.99. The molecule has 1 unspecified atom stereocenters. The van der Waals surface area contributed by atoms with Gasteiger partial charge in [0.1, 0.15) is 11.9 Å². The van der Waals surface area contributed by atoms with E-state index in [9.17, 15) is 9.59 Å². The molecule has 0 bridgehead atoms. The highest BCUT2D eigenvalue weighted by Gasteiger charge is 2.31. The fourth-order valence-electron chi connectivity index (χ4n) is 3.57. The maximum atomic E-state index is 12.9. The molecule has 28 heavy (non-hydrogen) atoms. The molecule has 2 aliphatic rings. The molecular formula is C19H23N5O4. The van der Waals surface area contributed by atoms with Crippen LogP contribution in [-0.2, 0) is 22.7 Å². The summed E-state index contributed by atoms with van der Waals surface area (Å²) in [5.41, 5.74) is 2.06. The summed E-state index contributed by atoms with van der Waals surface area (Å²) in [7, 11) is 1.63. The van der Waals surface area contributed by atoms with Crippen LogP contribution < -0.4 is 4.74 Å². The number of methoxy groups -OCH3 is 1. The second-order valence-electron chi connectivity index (χ2n) is 6.94. The molecule has 9 nitrogen and oxygen atoms in total. The molecule has 0 N–H and O–H groups in total. The van der Waals surface area contributed by atoms with Gasteiger partial charge in [-0.05, 0) is 17.7 Å². The van der Waals surface area contributed by atoms with E-state index in [1.54, 1.807) is 28.5 Å². The molecule has 1 atom stereocenters. The van der Waals surface area contributed by atoms with Gasteiger partial charge in [0.05, 0.1) is 26.0 Å². The number of fused-ring (bicyclic) bond motifs is 1. The van der Waals surface area contributed by atoms with Gasteiger partial charge in [0.2, 0.25) is 5.91 Å². The molecule has 2 amide bonds. The van der Waals surface area contributed by atoms with E-state index < -0.39 is 0 Å². The summed E-state index contributed by atoms with van der Waals surface area (Å²) < 4.78 is 12.9. The first-order valence-corrected chi connectivity index (χ1v) is 9.29. The third kappa shape index (κ3) is 3.45. The van der Waals surface area contributed by atoms with E-state index in [1.807, 2.05) is 24.3 Å². The zero-order valence-electron chi connectivity index (χ0n) is 16.0. The van der Waals surface area contributed by atoms with Crippen LogP contribution in [0.1, 0.15) is 34.8 Å². The Morgan fingerprint density at radius 1 is 1.11 bits per heavy atom.